The van der Waals surface area contributed by atoms with Crippen molar-refractivity contribution in [2.45, 2.75) is 49.9 Å². The minimum Gasteiger partial charge on any atom is -0.469 e. The van der Waals surface area contributed by atoms with Gasteiger partial charge in [0.2, 0.25) is 0 Å². The first-order valence-electron chi connectivity index (χ1n) is 7.65. The van der Waals surface area contributed by atoms with Crippen molar-refractivity contribution in [1.29, 1.82) is 0 Å². The van der Waals surface area contributed by atoms with Gasteiger partial charge >= 0.3 is 0 Å². The minimum atomic E-state index is 0.0370. The zero-order valence-electron chi connectivity index (χ0n) is 11.8. The highest BCUT2D eigenvalue weighted by Gasteiger charge is 2.44. The highest BCUT2D eigenvalue weighted by Crippen LogP contribution is 2.50. The number of aromatic nitrogens is 1. The van der Waals surface area contributed by atoms with Crippen molar-refractivity contribution >= 4 is 0 Å². The molecular weight excluding hydrogens is 250 g/mol. The van der Waals surface area contributed by atoms with E-state index in [1.807, 2.05) is 18.3 Å². The summed E-state index contributed by atoms with van der Waals surface area (Å²) in [5.41, 5.74) is 1.26. The number of furan rings is 1. The molecule has 2 aromatic heterocycles. The van der Waals surface area contributed by atoms with Crippen LogP contribution in [0.4, 0.5) is 0 Å². The Hall–Kier alpha value is -1.48. The molecule has 0 aromatic carbocycles. The zero-order valence-corrected chi connectivity index (χ0v) is 11.8. The molecule has 1 saturated carbocycles. The molecule has 0 bridgehead atoms. The molecule has 2 heterocycles. The summed E-state index contributed by atoms with van der Waals surface area (Å²) in [6.07, 6.45) is 10.6. The molecule has 108 valence electrons. The number of aliphatic hydroxyl groups excluding tert-OH is 1. The second-order valence-corrected chi connectivity index (χ2v) is 5.88. The Morgan fingerprint density at radius 3 is 2.65 bits per heavy atom. The van der Waals surface area contributed by atoms with E-state index in [1.165, 1.54) is 25.0 Å². The molecule has 1 aliphatic rings. The summed E-state index contributed by atoms with van der Waals surface area (Å²) in [4.78, 5) is 3.35. The lowest BCUT2D eigenvalue weighted by Crippen LogP contribution is -2.36. The van der Waals surface area contributed by atoms with Gasteiger partial charge in [-0.05, 0) is 43.5 Å². The molecular formula is C17H23NO2. The van der Waals surface area contributed by atoms with Crippen LogP contribution in [0.1, 0.15) is 55.9 Å². The van der Waals surface area contributed by atoms with Crippen LogP contribution in [0.3, 0.4) is 0 Å². The van der Waals surface area contributed by atoms with E-state index < -0.39 is 0 Å². The fraction of sp³-hybridized carbons (Fsp3) is 0.529. The Morgan fingerprint density at radius 2 is 2.05 bits per heavy atom. The van der Waals surface area contributed by atoms with Crippen LogP contribution < -0.4 is 0 Å². The Bertz CT molecular complexity index is 495. The van der Waals surface area contributed by atoms with Crippen LogP contribution in [-0.2, 0) is 5.41 Å². The highest BCUT2D eigenvalue weighted by molar-refractivity contribution is 5.26. The summed E-state index contributed by atoms with van der Waals surface area (Å²) >= 11 is 0. The van der Waals surface area contributed by atoms with Crippen molar-refractivity contribution in [3.05, 3.63) is 48.2 Å². The maximum atomic E-state index is 9.53. The Balaban J connectivity index is 2.02. The third kappa shape index (κ3) is 2.31. The van der Waals surface area contributed by atoms with Gasteiger partial charge in [-0.1, -0.05) is 19.3 Å². The molecule has 2 N–H and O–H groups in total. The molecule has 3 nitrogen and oxygen atoms in total. The lowest BCUT2D eigenvalue weighted by atomic mass is 9.62. The first kappa shape index (κ1) is 13.5. The normalized spacial score (nSPS) is 19.9. The van der Waals surface area contributed by atoms with E-state index >= 15 is 0 Å². The average molecular weight is 273 g/mol. The highest BCUT2D eigenvalue weighted by atomic mass is 16.3. The molecule has 2 aromatic rings. The van der Waals surface area contributed by atoms with Gasteiger partial charge < -0.3 is 14.5 Å². The van der Waals surface area contributed by atoms with Gasteiger partial charge in [0.25, 0.3) is 0 Å². The molecule has 3 heteroatoms. The Morgan fingerprint density at radius 1 is 1.20 bits per heavy atom. The third-order valence-electron chi connectivity index (χ3n) is 4.84. The van der Waals surface area contributed by atoms with E-state index in [9.17, 15) is 5.11 Å². The van der Waals surface area contributed by atoms with Gasteiger partial charge in [0.05, 0.1) is 6.26 Å². The van der Waals surface area contributed by atoms with E-state index in [0.717, 1.165) is 25.0 Å². The predicted molar refractivity (Wildman–Crippen MR) is 78.7 cm³/mol. The topological polar surface area (TPSA) is 49.2 Å². The number of nitrogens with one attached hydrogen (secondary N) is 1. The van der Waals surface area contributed by atoms with Gasteiger partial charge in [0, 0.05) is 29.8 Å². The minimum absolute atomic E-state index is 0.0370. The molecule has 0 saturated heterocycles. The van der Waals surface area contributed by atoms with Crippen LogP contribution >= 0.6 is 0 Å². The van der Waals surface area contributed by atoms with Crippen molar-refractivity contribution in [2.75, 3.05) is 6.61 Å². The third-order valence-corrected chi connectivity index (χ3v) is 4.84. The lowest BCUT2D eigenvalue weighted by molar-refractivity contribution is 0.168. The summed E-state index contributed by atoms with van der Waals surface area (Å²) in [7, 11) is 0. The molecule has 1 unspecified atom stereocenters. The maximum Gasteiger partial charge on any atom is 0.110 e. The second-order valence-electron chi connectivity index (χ2n) is 5.88. The van der Waals surface area contributed by atoms with Crippen LogP contribution in [0.15, 0.2) is 41.1 Å². The summed E-state index contributed by atoms with van der Waals surface area (Å²) in [5, 5.41) is 9.53. The standard InChI is InChI=1S/C17H23NO2/c19-12-8-14(15-6-4-11-18-15)17(9-2-1-3-10-17)16-7-5-13-20-16/h4-7,11,13-14,18-19H,1-3,8-10,12H2. The van der Waals surface area contributed by atoms with Gasteiger partial charge in [-0.3, -0.25) is 0 Å². The molecule has 0 amide bonds. The first-order chi connectivity index (χ1) is 9.87. The summed E-state index contributed by atoms with van der Waals surface area (Å²) < 4.78 is 5.81. The van der Waals surface area contributed by atoms with Crippen molar-refractivity contribution in [1.82, 2.24) is 4.98 Å². The second kappa shape index (κ2) is 5.88. The molecule has 20 heavy (non-hydrogen) atoms. The van der Waals surface area contributed by atoms with Gasteiger partial charge in [-0.25, -0.2) is 0 Å². The van der Waals surface area contributed by atoms with E-state index in [2.05, 4.69) is 17.1 Å². The maximum absolute atomic E-state index is 9.53. The Labute approximate surface area is 120 Å². The van der Waals surface area contributed by atoms with Gasteiger partial charge in [-0.2, -0.15) is 0 Å². The van der Waals surface area contributed by atoms with Gasteiger partial charge in [0.15, 0.2) is 0 Å². The van der Waals surface area contributed by atoms with Crippen molar-refractivity contribution in [3.8, 4) is 0 Å². The van der Waals surface area contributed by atoms with Crippen molar-refractivity contribution < 1.29 is 9.52 Å². The zero-order chi connectivity index (χ0) is 13.8. The number of hydrogen-bond donors (Lipinski definition) is 2. The Kier molecular flexibility index (Phi) is 3.97. The van der Waals surface area contributed by atoms with Crippen LogP contribution in [0.5, 0.6) is 0 Å². The molecule has 1 atom stereocenters. The molecule has 1 fully saturated rings. The van der Waals surface area contributed by atoms with E-state index in [1.54, 1.807) is 6.26 Å². The van der Waals surface area contributed by atoms with Crippen LogP contribution in [0.2, 0.25) is 0 Å². The molecule has 0 spiro atoms. The number of rotatable bonds is 5. The monoisotopic (exact) mass is 273 g/mol. The molecule has 3 rings (SSSR count). The first-order valence-corrected chi connectivity index (χ1v) is 7.65. The van der Waals surface area contributed by atoms with Crippen LogP contribution in [0, 0.1) is 0 Å². The van der Waals surface area contributed by atoms with E-state index in [4.69, 9.17) is 4.42 Å². The summed E-state index contributed by atoms with van der Waals surface area (Å²) in [6.45, 7) is 0.214. The summed E-state index contributed by atoms with van der Waals surface area (Å²) in [5.74, 6) is 1.39. The fourth-order valence-electron chi connectivity index (χ4n) is 3.93. The average Bonchev–Trinajstić information content (AvgIpc) is 3.18. The number of aromatic amines is 1. The number of H-pyrrole nitrogens is 1. The van der Waals surface area contributed by atoms with Crippen molar-refractivity contribution in [3.63, 3.8) is 0 Å². The quantitative estimate of drug-likeness (QED) is 0.865. The van der Waals surface area contributed by atoms with Gasteiger partial charge in [0.1, 0.15) is 5.76 Å². The van der Waals surface area contributed by atoms with E-state index in [-0.39, 0.29) is 12.0 Å². The molecule has 0 aliphatic heterocycles. The van der Waals surface area contributed by atoms with Gasteiger partial charge in [-0.15, -0.1) is 0 Å². The largest absolute Gasteiger partial charge is 0.469 e. The smallest absolute Gasteiger partial charge is 0.110 e. The number of hydrogen-bond acceptors (Lipinski definition) is 2. The predicted octanol–water partition coefficient (Wildman–Crippen LogP) is 3.98. The van der Waals surface area contributed by atoms with Crippen molar-refractivity contribution in [2.24, 2.45) is 0 Å². The lowest BCUT2D eigenvalue weighted by Gasteiger charge is -2.42. The fourth-order valence-corrected chi connectivity index (χ4v) is 3.93. The van der Waals surface area contributed by atoms with E-state index in [0.29, 0.717) is 5.92 Å². The number of aliphatic hydroxyl groups is 1. The summed E-state index contributed by atoms with van der Waals surface area (Å²) in [6, 6.07) is 8.27. The van der Waals surface area contributed by atoms with Crippen LogP contribution in [-0.4, -0.2) is 16.7 Å². The van der Waals surface area contributed by atoms with Crippen LogP contribution in [0.25, 0.3) is 0 Å². The molecule has 0 radical (unpaired) electrons. The molecule has 1 aliphatic carbocycles. The SMILES string of the molecule is OCCC(c1ccc[nH]1)C1(c2ccco2)CCCCC1.